The Bertz CT molecular complexity index is 962. The number of nitrogens with one attached hydrogen (secondary N) is 1. The van der Waals surface area contributed by atoms with Crippen LogP contribution in [0.2, 0.25) is 0 Å². The SMILES string of the molecule is COCCCOc1ccc(C(=O)NCc2ccc(OCc3ccccc3)cc2)c(N)n1. The zero-order valence-corrected chi connectivity index (χ0v) is 17.5. The molecule has 0 saturated heterocycles. The third kappa shape index (κ3) is 7.01. The van der Waals surface area contributed by atoms with Gasteiger partial charge in [-0.25, -0.2) is 0 Å². The molecule has 162 valence electrons. The van der Waals surface area contributed by atoms with Gasteiger partial charge in [-0.2, -0.15) is 4.98 Å². The van der Waals surface area contributed by atoms with Gasteiger partial charge in [0.15, 0.2) is 0 Å². The maximum absolute atomic E-state index is 12.5. The molecule has 0 bridgehead atoms. The predicted octanol–water partition coefficient (Wildman–Crippen LogP) is 3.59. The summed E-state index contributed by atoms with van der Waals surface area (Å²) in [4.78, 5) is 16.6. The summed E-state index contributed by atoms with van der Waals surface area (Å²) in [6, 6.07) is 20.8. The van der Waals surface area contributed by atoms with E-state index in [1.54, 1.807) is 19.2 Å². The van der Waals surface area contributed by atoms with Crippen LogP contribution in [0.15, 0.2) is 66.7 Å². The van der Waals surface area contributed by atoms with Gasteiger partial charge in [-0.15, -0.1) is 0 Å². The maximum Gasteiger partial charge on any atom is 0.255 e. The standard InChI is InChI=1S/C24H27N3O4/c1-29-14-5-15-30-22-13-12-21(23(25)27-22)24(28)26-16-18-8-10-20(11-9-18)31-17-19-6-3-2-4-7-19/h2-4,6-13H,5,14-17H2,1H3,(H2,25,27)(H,26,28). The van der Waals surface area contributed by atoms with Gasteiger partial charge in [0.1, 0.15) is 18.2 Å². The van der Waals surface area contributed by atoms with Crippen molar-refractivity contribution in [1.82, 2.24) is 10.3 Å². The number of nitrogens with zero attached hydrogens (tertiary/aromatic N) is 1. The topological polar surface area (TPSA) is 95.7 Å². The van der Waals surface area contributed by atoms with Crippen molar-refractivity contribution >= 4 is 11.7 Å². The van der Waals surface area contributed by atoms with Crippen molar-refractivity contribution in [2.45, 2.75) is 19.6 Å². The molecule has 1 aromatic heterocycles. The fourth-order valence-corrected chi connectivity index (χ4v) is 2.83. The minimum absolute atomic E-state index is 0.131. The molecule has 0 aliphatic carbocycles. The molecule has 7 heteroatoms. The Balaban J connectivity index is 1.47. The van der Waals surface area contributed by atoms with Crippen molar-refractivity contribution in [3.8, 4) is 11.6 Å². The van der Waals surface area contributed by atoms with Gasteiger partial charge in [0.25, 0.3) is 5.91 Å². The van der Waals surface area contributed by atoms with Crippen LogP contribution < -0.4 is 20.5 Å². The molecule has 2 aromatic carbocycles. The molecule has 31 heavy (non-hydrogen) atoms. The summed E-state index contributed by atoms with van der Waals surface area (Å²) in [6.07, 6.45) is 0.746. The summed E-state index contributed by atoms with van der Waals surface area (Å²) in [5.74, 6) is 0.997. The molecule has 0 fully saturated rings. The quantitative estimate of drug-likeness (QED) is 0.460. The first-order valence-corrected chi connectivity index (χ1v) is 10.1. The number of methoxy groups -OCH3 is 1. The van der Waals surface area contributed by atoms with E-state index in [4.69, 9.17) is 19.9 Å². The van der Waals surface area contributed by atoms with Crippen molar-refractivity contribution < 1.29 is 19.0 Å². The predicted molar refractivity (Wildman–Crippen MR) is 119 cm³/mol. The molecule has 0 spiro atoms. The molecule has 0 atom stereocenters. The Labute approximate surface area is 182 Å². The van der Waals surface area contributed by atoms with Gasteiger partial charge in [-0.3, -0.25) is 4.79 Å². The number of nitrogens with two attached hydrogens (primary N) is 1. The molecular weight excluding hydrogens is 394 g/mol. The minimum atomic E-state index is -0.291. The van der Waals surface area contributed by atoms with Gasteiger partial charge in [0.05, 0.1) is 12.2 Å². The zero-order chi connectivity index (χ0) is 21.9. The van der Waals surface area contributed by atoms with Crippen LogP contribution in [-0.4, -0.2) is 31.2 Å². The number of ether oxygens (including phenoxy) is 3. The summed E-state index contributed by atoms with van der Waals surface area (Å²) in [7, 11) is 1.64. The highest BCUT2D eigenvalue weighted by Crippen LogP contribution is 2.17. The molecule has 3 rings (SSSR count). The smallest absolute Gasteiger partial charge is 0.255 e. The number of pyridine rings is 1. The van der Waals surface area contributed by atoms with Gasteiger partial charge < -0.3 is 25.3 Å². The largest absolute Gasteiger partial charge is 0.489 e. The van der Waals surface area contributed by atoms with Crippen molar-refractivity contribution in [1.29, 1.82) is 0 Å². The maximum atomic E-state index is 12.5. The normalized spacial score (nSPS) is 10.5. The van der Waals surface area contributed by atoms with Crippen molar-refractivity contribution in [3.05, 3.63) is 83.4 Å². The fourth-order valence-electron chi connectivity index (χ4n) is 2.83. The third-order valence-corrected chi connectivity index (χ3v) is 4.51. The molecule has 3 aromatic rings. The van der Waals surface area contributed by atoms with Gasteiger partial charge in [-0.05, 0) is 29.3 Å². The Morgan fingerprint density at radius 2 is 1.71 bits per heavy atom. The number of hydrogen-bond acceptors (Lipinski definition) is 6. The lowest BCUT2D eigenvalue weighted by Gasteiger charge is -2.10. The van der Waals surface area contributed by atoms with E-state index >= 15 is 0 Å². The van der Waals surface area contributed by atoms with E-state index in [0.29, 0.717) is 37.8 Å². The van der Waals surface area contributed by atoms with Gasteiger partial charge in [-0.1, -0.05) is 42.5 Å². The average Bonchev–Trinajstić information content (AvgIpc) is 2.80. The van der Waals surface area contributed by atoms with E-state index < -0.39 is 0 Å². The molecule has 0 radical (unpaired) electrons. The number of amides is 1. The molecule has 0 saturated carbocycles. The molecule has 1 heterocycles. The van der Waals surface area contributed by atoms with Crippen molar-refractivity contribution in [2.75, 3.05) is 26.1 Å². The number of hydrogen-bond donors (Lipinski definition) is 2. The summed E-state index contributed by atoms with van der Waals surface area (Å²) in [5, 5.41) is 2.86. The summed E-state index contributed by atoms with van der Waals surface area (Å²) < 4.78 is 16.2. The molecule has 0 unspecified atom stereocenters. The van der Waals surface area contributed by atoms with Crippen LogP contribution in [0.25, 0.3) is 0 Å². The molecule has 1 amide bonds. The Morgan fingerprint density at radius 1 is 0.935 bits per heavy atom. The number of aromatic nitrogens is 1. The van der Waals surface area contributed by atoms with Crippen LogP contribution in [-0.2, 0) is 17.9 Å². The highest BCUT2D eigenvalue weighted by atomic mass is 16.5. The summed E-state index contributed by atoms with van der Waals surface area (Å²) in [5.41, 5.74) is 8.30. The van der Waals surface area contributed by atoms with Crippen molar-refractivity contribution in [3.63, 3.8) is 0 Å². The zero-order valence-electron chi connectivity index (χ0n) is 17.5. The number of carbonyl (C=O) groups is 1. The van der Waals surface area contributed by atoms with Crippen LogP contribution in [0.4, 0.5) is 5.82 Å². The number of rotatable bonds is 11. The van der Waals surface area contributed by atoms with E-state index in [0.717, 1.165) is 23.3 Å². The lowest BCUT2D eigenvalue weighted by atomic mass is 10.2. The minimum Gasteiger partial charge on any atom is -0.489 e. The van der Waals surface area contributed by atoms with Gasteiger partial charge in [0.2, 0.25) is 5.88 Å². The lowest BCUT2D eigenvalue weighted by molar-refractivity contribution is 0.0951. The second kappa shape index (κ2) is 11.6. The average molecular weight is 421 g/mol. The highest BCUT2D eigenvalue weighted by Gasteiger charge is 2.12. The number of anilines is 1. The van der Waals surface area contributed by atoms with E-state index in [2.05, 4.69) is 10.3 Å². The second-order valence-electron chi connectivity index (χ2n) is 6.88. The molecule has 0 aliphatic heterocycles. The second-order valence-corrected chi connectivity index (χ2v) is 6.88. The third-order valence-electron chi connectivity index (χ3n) is 4.51. The fraction of sp³-hybridized carbons (Fsp3) is 0.250. The highest BCUT2D eigenvalue weighted by molar-refractivity contribution is 5.98. The first-order chi connectivity index (χ1) is 15.2. The van der Waals surface area contributed by atoms with Crippen LogP contribution in [0.1, 0.15) is 27.9 Å². The number of benzene rings is 2. The van der Waals surface area contributed by atoms with Crippen LogP contribution >= 0.6 is 0 Å². The summed E-state index contributed by atoms with van der Waals surface area (Å²) >= 11 is 0. The van der Waals surface area contributed by atoms with Crippen LogP contribution in [0.5, 0.6) is 11.6 Å². The first kappa shape index (κ1) is 22.1. The van der Waals surface area contributed by atoms with Gasteiger partial charge >= 0.3 is 0 Å². The van der Waals surface area contributed by atoms with Crippen LogP contribution in [0, 0.1) is 0 Å². The van der Waals surface area contributed by atoms with Crippen LogP contribution in [0.3, 0.4) is 0 Å². The molecular formula is C24H27N3O4. The van der Waals surface area contributed by atoms with Crippen molar-refractivity contribution in [2.24, 2.45) is 0 Å². The molecule has 3 N–H and O–H groups in total. The van der Waals surface area contributed by atoms with E-state index in [1.807, 2.05) is 54.6 Å². The molecule has 0 aliphatic rings. The van der Waals surface area contributed by atoms with Gasteiger partial charge in [0, 0.05) is 32.7 Å². The lowest BCUT2D eigenvalue weighted by Crippen LogP contribution is -2.24. The van der Waals surface area contributed by atoms with E-state index in [-0.39, 0.29) is 11.7 Å². The Hall–Kier alpha value is -3.58. The summed E-state index contributed by atoms with van der Waals surface area (Å²) in [6.45, 7) is 1.95. The number of carbonyl (C=O) groups excluding carboxylic acids is 1. The van der Waals surface area contributed by atoms with E-state index in [9.17, 15) is 4.79 Å². The Kier molecular flexibility index (Phi) is 8.25. The first-order valence-electron chi connectivity index (χ1n) is 10.1. The molecule has 7 nitrogen and oxygen atoms in total. The van der Waals surface area contributed by atoms with E-state index in [1.165, 1.54) is 0 Å². The Morgan fingerprint density at radius 3 is 2.42 bits per heavy atom. The monoisotopic (exact) mass is 421 g/mol. The number of nitrogen functional groups attached to an aromatic ring is 1.